The second-order valence-corrected chi connectivity index (χ2v) is 15.5. The van der Waals surface area contributed by atoms with Crippen LogP contribution in [0.15, 0.2) is 66.7 Å². The summed E-state index contributed by atoms with van der Waals surface area (Å²) in [6, 6.07) is 21.6. The number of nitrogens with zero attached hydrogens (tertiary/aromatic N) is 2. The molecule has 10 nitrogen and oxygen atoms in total. The Bertz CT molecular complexity index is 1640. The van der Waals surface area contributed by atoms with Gasteiger partial charge in [-0.25, -0.2) is 4.79 Å². The molecule has 0 heterocycles. The number of alkyl halides is 4. The van der Waals surface area contributed by atoms with Crippen molar-refractivity contribution in [2.75, 3.05) is 66.6 Å². The van der Waals surface area contributed by atoms with Gasteiger partial charge in [-0.1, -0.05) is 42.5 Å². The summed E-state index contributed by atoms with van der Waals surface area (Å²) in [7, 11) is 1.33. The molecule has 304 valence electrons. The summed E-state index contributed by atoms with van der Waals surface area (Å²) < 4.78 is 10.3. The average molecular weight is 843 g/mol. The zero-order valence-electron chi connectivity index (χ0n) is 32.5. The first-order valence-corrected chi connectivity index (χ1v) is 20.2. The van der Waals surface area contributed by atoms with E-state index in [9.17, 15) is 14.4 Å². The zero-order chi connectivity index (χ0) is 41.0. The van der Waals surface area contributed by atoms with E-state index in [1.165, 1.54) is 7.11 Å². The van der Waals surface area contributed by atoms with Crippen LogP contribution in [-0.2, 0) is 38.5 Å². The average Bonchev–Trinajstić information content (AvgIpc) is 3.12. The van der Waals surface area contributed by atoms with Gasteiger partial charge in [-0.15, -0.1) is 46.4 Å². The molecule has 0 aromatic heterocycles. The van der Waals surface area contributed by atoms with E-state index >= 15 is 0 Å². The number of nitrogens with one attached hydrogen (secondary N) is 1. The van der Waals surface area contributed by atoms with Gasteiger partial charge in [-0.05, 0) is 92.6 Å². The van der Waals surface area contributed by atoms with Crippen LogP contribution >= 0.6 is 46.4 Å². The zero-order valence-corrected chi connectivity index (χ0v) is 35.5. The molecule has 3 rings (SSSR count). The lowest BCUT2D eigenvalue weighted by molar-refractivity contribution is -0.142. The molecule has 2 atom stereocenters. The Balaban J connectivity index is 0.000000413. The molecular formula is C41H56Cl4N4O6. The Kier molecular flexibility index (Phi) is 21.1. The molecule has 0 spiro atoms. The number of ether oxygens (including phenoxy) is 2. The van der Waals surface area contributed by atoms with Crippen molar-refractivity contribution in [1.29, 1.82) is 0 Å². The largest absolute Gasteiger partial charge is 0.481 e. The number of anilines is 2. The number of aliphatic carboxylic acids is 1. The van der Waals surface area contributed by atoms with Gasteiger partial charge < -0.3 is 35.4 Å². The smallest absolute Gasteiger partial charge is 0.407 e. The summed E-state index contributed by atoms with van der Waals surface area (Å²) in [5.41, 5.74) is 11.5. The van der Waals surface area contributed by atoms with Gasteiger partial charge in [0, 0.05) is 66.6 Å². The molecule has 1 amide bonds. The molecule has 0 aliphatic carbocycles. The maximum atomic E-state index is 12.6. The van der Waals surface area contributed by atoms with Crippen molar-refractivity contribution in [3.8, 4) is 0 Å². The number of rotatable bonds is 21. The van der Waals surface area contributed by atoms with E-state index in [2.05, 4.69) is 27.2 Å². The number of nitrogens with two attached hydrogens (primary N) is 1. The topological polar surface area (TPSA) is 134 Å². The van der Waals surface area contributed by atoms with Crippen molar-refractivity contribution in [3.63, 3.8) is 0 Å². The standard InChI is InChI=1S/C25H32Cl2N2O4.C16H24Cl2N2O2/c1-19-9-10-22(29(13-11-26)14-12-27)15-21(19)16-25(2,17-23(30)32-3)28-24(31)33-18-20-7-5-4-6-8-20;1-12-3-4-14(20(7-5-17)8-6-18)9-13(12)10-16(2,19)11-15(21)22/h4-10,15H,11-14,16-18H2,1-3H3,(H,28,31);3-4,9H,5-8,10-11,19H2,1-2H3,(H,21,22)/t25-;16-/m00/s1. The maximum Gasteiger partial charge on any atom is 0.407 e. The molecule has 0 fully saturated rings. The fourth-order valence-corrected chi connectivity index (χ4v) is 6.86. The number of methoxy groups -OCH3 is 1. The van der Waals surface area contributed by atoms with Gasteiger partial charge in [-0.2, -0.15) is 0 Å². The summed E-state index contributed by atoms with van der Waals surface area (Å²) in [6.07, 6.45) is 0.265. The van der Waals surface area contributed by atoms with Gasteiger partial charge in [0.2, 0.25) is 0 Å². The number of carboxylic acid groups (broad SMARTS) is 1. The van der Waals surface area contributed by atoms with Gasteiger partial charge in [0.15, 0.2) is 0 Å². The van der Waals surface area contributed by atoms with Crippen molar-refractivity contribution in [1.82, 2.24) is 5.32 Å². The third-order valence-electron chi connectivity index (χ3n) is 8.92. The van der Waals surface area contributed by atoms with Crippen LogP contribution in [0.3, 0.4) is 0 Å². The van der Waals surface area contributed by atoms with Crippen molar-refractivity contribution >= 4 is 75.8 Å². The number of carboxylic acids is 1. The van der Waals surface area contributed by atoms with E-state index in [1.807, 2.05) is 75.4 Å². The van der Waals surface area contributed by atoms with E-state index in [-0.39, 0.29) is 19.4 Å². The first-order chi connectivity index (χ1) is 26.1. The molecule has 0 saturated carbocycles. The van der Waals surface area contributed by atoms with Crippen LogP contribution in [0.2, 0.25) is 0 Å². The minimum Gasteiger partial charge on any atom is -0.481 e. The number of amides is 1. The van der Waals surface area contributed by atoms with Crippen molar-refractivity contribution in [3.05, 3.63) is 94.5 Å². The normalized spacial score (nSPS) is 13.0. The number of hydrogen-bond acceptors (Lipinski definition) is 8. The first-order valence-electron chi connectivity index (χ1n) is 18.1. The minimum absolute atomic E-state index is 0.000674. The van der Waals surface area contributed by atoms with Crippen LogP contribution in [0.4, 0.5) is 16.2 Å². The number of halogens is 4. The lowest BCUT2D eigenvalue weighted by Crippen LogP contribution is -2.49. The fourth-order valence-electron chi connectivity index (χ4n) is 6.05. The van der Waals surface area contributed by atoms with Gasteiger partial charge >= 0.3 is 18.0 Å². The van der Waals surface area contributed by atoms with Crippen LogP contribution in [-0.4, -0.2) is 91.0 Å². The second-order valence-electron chi connectivity index (χ2n) is 14.0. The Labute approximate surface area is 346 Å². The molecule has 0 aliphatic rings. The summed E-state index contributed by atoms with van der Waals surface area (Å²) in [4.78, 5) is 39.9. The third-order valence-corrected chi connectivity index (χ3v) is 9.60. The predicted molar refractivity (Wildman–Crippen MR) is 227 cm³/mol. The Hall–Kier alpha value is -3.41. The number of aryl methyl sites for hydroxylation is 2. The first kappa shape index (κ1) is 47.7. The number of benzene rings is 3. The van der Waals surface area contributed by atoms with Gasteiger partial charge in [-0.3, -0.25) is 9.59 Å². The van der Waals surface area contributed by atoms with Crippen molar-refractivity contribution in [2.24, 2.45) is 5.73 Å². The maximum absolute atomic E-state index is 12.6. The highest BCUT2D eigenvalue weighted by molar-refractivity contribution is 6.19. The van der Waals surface area contributed by atoms with Gasteiger partial charge in [0.05, 0.1) is 25.5 Å². The number of alkyl carbamates (subject to hydrolysis) is 1. The van der Waals surface area contributed by atoms with Crippen molar-refractivity contribution < 1.29 is 29.0 Å². The van der Waals surface area contributed by atoms with E-state index in [4.69, 9.17) is 66.7 Å². The van der Waals surface area contributed by atoms with Crippen LogP contribution in [0, 0.1) is 13.8 Å². The summed E-state index contributed by atoms with van der Waals surface area (Å²) in [5, 5.41) is 11.8. The number of hydrogen-bond donors (Lipinski definition) is 3. The molecule has 0 radical (unpaired) electrons. The fraction of sp³-hybridized carbons (Fsp3) is 0.488. The van der Waals surface area contributed by atoms with Crippen LogP contribution in [0.1, 0.15) is 54.5 Å². The number of esters is 1. The second kappa shape index (κ2) is 24.3. The van der Waals surface area contributed by atoms with Crippen LogP contribution < -0.4 is 20.9 Å². The molecular weight excluding hydrogens is 786 g/mol. The number of carbonyl (C=O) groups excluding carboxylic acids is 2. The summed E-state index contributed by atoms with van der Waals surface area (Å²) in [5.74, 6) is 0.705. The molecule has 14 heteroatoms. The molecule has 0 bridgehead atoms. The highest BCUT2D eigenvalue weighted by Crippen LogP contribution is 2.27. The lowest BCUT2D eigenvalue weighted by Gasteiger charge is -2.31. The molecule has 0 saturated heterocycles. The predicted octanol–water partition coefficient (Wildman–Crippen LogP) is 8.08. The van der Waals surface area contributed by atoms with Gasteiger partial charge in [0.1, 0.15) is 6.61 Å². The molecule has 0 aliphatic heterocycles. The SMILES string of the molecule is COC(=O)C[C@](C)(Cc1cc(N(CCCl)CCCl)ccc1C)NC(=O)OCc1ccccc1.Cc1ccc(N(CCCl)CCCl)cc1C[C@](C)(N)CC(=O)O. The van der Waals surface area contributed by atoms with Crippen LogP contribution in [0.5, 0.6) is 0 Å². The lowest BCUT2D eigenvalue weighted by atomic mass is 9.87. The monoisotopic (exact) mass is 840 g/mol. The van der Waals surface area contributed by atoms with Crippen LogP contribution in [0.25, 0.3) is 0 Å². The van der Waals surface area contributed by atoms with E-state index in [0.29, 0.717) is 62.5 Å². The van der Waals surface area contributed by atoms with Gasteiger partial charge in [0.25, 0.3) is 0 Å². The third kappa shape index (κ3) is 17.5. The number of carbonyl (C=O) groups is 3. The highest BCUT2D eigenvalue weighted by Gasteiger charge is 2.32. The highest BCUT2D eigenvalue weighted by atomic mass is 35.5. The van der Waals surface area contributed by atoms with E-state index in [0.717, 1.165) is 39.2 Å². The van der Waals surface area contributed by atoms with E-state index < -0.39 is 29.1 Å². The Morgan fingerprint density at radius 3 is 1.65 bits per heavy atom. The quantitative estimate of drug-likeness (QED) is 0.0719. The molecule has 3 aromatic rings. The van der Waals surface area contributed by atoms with E-state index in [1.54, 1.807) is 6.92 Å². The Morgan fingerprint density at radius 2 is 1.22 bits per heavy atom. The molecule has 0 unspecified atom stereocenters. The summed E-state index contributed by atoms with van der Waals surface area (Å²) >= 11 is 23.6. The van der Waals surface area contributed by atoms with Crippen molar-refractivity contribution in [2.45, 2.75) is 71.1 Å². The molecule has 3 aromatic carbocycles. The minimum atomic E-state index is -0.909. The Morgan fingerprint density at radius 1 is 0.745 bits per heavy atom. The molecule has 55 heavy (non-hydrogen) atoms. The summed E-state index contributed by atoms with van der Waals surface area (Å²) in [6.45, 7) is 10.5. The molecule has 4 N–H and O–H groups in total.